The maximum absolute atomic E-state index is 12.7. The molecule has 0 saturated carbocycles. The number of amides is 2. The third kappa shape index (κ3) is 6.84. The van der Waals surface area contributed by atoms with Crippen molar-refractivity contribution in [3.8, 4) is 11.1 Å². The van der Waals surface area contributed by atoms with Crippen LogP contribution in [0, 0.1) is 5.41 Å². The molecule has 0 saturated heterocycles. The molecule has 0 spiro atoms. The Balaban J connectivity index is 1.59. The Morgan fingerprint density at radius 1 is 0.943 bits per heavy atom. The Morgan fingerprint density at radius 3 is 2.03 bits per heavy atom. The van der Waals surface area contributed by atoms with Gasteiger partial charge in [0.05, 0.1) is 6.42 Å². The van der Waals surface area contributed by atoms with Crippen LogP contribution in [0.4, 0.5) is 4.79 Å². The fourth-order valence-corrected chi connectivity index (χ4v) is 4.61. The van der Waals surface area contributed by atoms with Crippen LogP contribution < -0.4 is 10.6 Å². The summed E-state index contributed by atoms with van der Waals surface area (Å²) < 4.78 is 5.63. The second-order valence-electron chi connectivity index (χ2n) is 10.2. The topological polar surface area (TPSA) is 105 Å². The normalized spacial score (nSPS) is 14.4. The highest BCUT2D eigenvalue weighted by atomic mass is 16.5. The highest BCUT2D eigenvalue weighted by Crippen LogP contribution is 2.44. The number of hydrogen-bond donors (Lipinski definition) is 3. The molecule has 2 aromatic carbocycles. The molecule has 0 heterocycles. The van der Waals surface area contributed by atoms with Gasteiger partial charge in [-0.25, -0.2) is 4.79 Å². The molecule has 0 aliphatic heterocycles. The van der Waals surface area contributed by atoms with E-state index in [0.717, 1.165) is 28.7 Å². The molecule has 7 heteroatoms. The molecule has 0 aromatic heterocycles. The number of carboxylic acid groups (broad SMARTS) is 1. The number of carbonyl (C=O) groups is 3. The van der Waals surface area contributed by atoms with Crippen LogP contribution in [0.3, 0.4) is 0 Å². The van der Waals surface area contributed by atoms with Gasteiger partial charge in [0.25, 0.3) is 0 Å². The van der Waals surface area contributed by atoms with Crippen LogP contribution in [0.1, 0.15) is 70.4 Å². The van der Waals surface area contributed by atoms with E-state index in [0.29, 0.717) is 6.42 Å². The molecule has 35 heavy (non-hydrogen) atoms. The molecule has 0 radical (unpaired) electrons. The number of carboxylic acids is 1. The van der Waals surface area contributed by atoms with E-state index in [4.69, 9.17) is 4.74 Å². The fourth-order valence-electron chi connectivity index (χ4n) is 4.61. The van der Waals surface area contributed by atoms with Gasteiger partial charge in [0.15, 0.2) is 0 Å². The highest BCUT2D eigenvalue weighted by Gasteiger charge is 2.31. The van der Waals surface area contributed by atoms with Crippen LogP contribution in [0.5, 0.6) is 0 Å². The van der Waals surface area contributed by atoms with Crippen molar-refractivity contribution in [2.75, 3.05) is 6.61 Å². The molecule has 3 rings (SSSR count). The first-order valence-electron chi connectivity index (χ1n) is 12.2. The Kier molecular flexibility index (Phi) is 8.54. The number of fused-ring (bicyclic) bond motifs is 3. The van der Waals surface area contributed by atoms with E-state index in [1.165, 1.54) is 0 Å². The van der Waals surface area contributed by atoms with Gasteiger partial charge in [-0.2, -0.15) is 0 Å². The van der Waals surface area contributed by atoms with E-state index in [1.807, 2.05) is 52.0 Å². The monoisotopic (exact) mass is 480 g/mol. The van der Waals surface area contributed by atoms with Crippen LogP contribution in [-0.4, -0.2) is 41.8 Å². The summed E-state index contributed by atoms with van der Waals surface area (Å²) in [5.41, 5.74) is 4.18. The summed E-state index contributed by atoms with van der Waals surface area (Å²) in [6.07, 6.45) is 0.726. The van der Waals surface area contributed by atoms with Gasteiger partial charge in [0, 0.05) is 24.4 Å². The van der Waals surface area contributed by atoms with Crippen LogP contribution in [-0.2, 0) is 14.3 Å². The van der Waals surface area contributed by atoms with Crippen molar-refractivity contribution in [2.45, 2.75) is 71.4 Å². The molecule has 1 unspecified atom stereocenters. The SMILES string of the molecule is CCC[C@H](CC(=O)NC(CC(=O)O)C(C)(C)C)NC(=O)OCC1c2ccccc2-c2ccccc21. The minimum atomic E-state index is -0.966. The van der Waals surface area contributed by atoms with E-state index in [2.05, 4.69) is 34.9 Å². The summed E-state index contributed by atoms with van der Waals surface area (Å²) in [4.78, 5) is 36.6. The molecular weight excluding hydrogens is 444 g/mol. The molecular formula is C28H36N2O5. The van der Waals surface area contributed by atoms with E-state index in [9.17, 15) is 19.5 Å². The predicted octanol–water partition coefficient (Wildman–Crippen LogP) is 5.09. The third-order valence-electron chi connectivity index (χ3n) is 6.49. The van der Waals surface area contributed by atoms with Crippen molar-refractivity contribution in [3.63, 3.8) is 0 Å². The van der Waals surface area contributed by atoms with E-state index < -0.39 is 29.6 Å². The minimum absolute atomic E-state index is 0.0374. The summed E-state index contributed by atoms with van der Waals surface area (Å²) in [5, 5.41) is 14.9. The van der Waals surface area contributed by atoms with Gasteiger partial charge >= 0.3 is 12.1 Å². The van der Waals surface area contributed by atoms with Gasteiger partial charge < -0.3 is 20.5 Å². The zero-order chi connectivity index (χ0) is 25.6. The summed E-state index contributed by atoms with van der Waals surface area (Å²) in [7, 11) is 0. The average Bonchev–Trinajstić information content (AvgIpc) is 3.10. The Morgan fingerprint density at radius 2 is 1.51 bits per heavy atom. The Bertz CT molecular complexity index is 1010. The fraction of sp³-hybridized carbons (Fsp3) is 0.464. The van der Waals surface area contributed by atoms with Crippen molar-refractivity contribution in [2.24, 2.45) is 5.41 Å². The van der Waals surface area contributed by atoms with Gasteiger partial charge in [0.1, 0.15) is 6.61 Å². The summed E-state index contributed by atoms with van der Waals surface area (Å²) in [5.74, 6) is -1.29. The number of benzene rings is 2. The van der Waals surface area contributed by atoms with E-state index in [-0.39, 0.29) is 31.3 Å². The van der Waals surface area contributed by atoms with Crippen LogP contribution in [0.15, 0.2) is 48.5 Å². The molecule has 1 aliphatic rings. The number of hydrogen-bond acceptors (Lipinski definition) is 4. The number of aliphatic carboxylic acids is 1. The number of rotatable bonds is 10. The maximum Gasteiger partial charge on any atom is 0.407 e. The zero-order valence-electron chi connectivity index (χ0n) is 21.0. The molecule has 188 valence electrons. The van der Waals surface area contributed by atoms with Gasteiger partial charge in [-0.15, -0.1) is 0 Å². The molecule has 2 atom stereocenters. The molecule has 2 amide bonds. The van der Waals surface area contributed by atoms with Crippen LogP contribution >= 0.6 is 0 Å². The number of carbonyl (C=O) groups excluding carboxylic acids is 2. The Labute approximate surface area is 207 Å². The Hall–Kier alpha value is -3.35. The molecule has 2 aromatic rings. The quantitative estimate of drug-likeness (QED) is 0.439. The molecule has 0 fully saturated rings. The van der Waals surface area contributed by atoms with Gasteiger partial charge in [-0.3, -0.25) is 9.59 Å². The molecule has 1 aliphatic carbocycles. The second kappa shape index (κ2) is 11.4. The van der Waals surface area contributed by atoms with Crippen molar-refractivity contribution in [3.05, 3.63) is 59.7 Å². The first-order chi connectivity index (χ1) is 16.6. The third-order valence-corrected chi connectivity index (χ3v) is 6.49. The van der Waals surface area contributed by atoms with E-state index in [1.54, 1.807) is 0 Å². The summed E-state index contributed by atoms with van der Waals surface area (Å²) in [6.45, 7) is 7.85. The summed E-state index contributed by atoms with van der Waals surface area (Å²) in [6, 6.07) is 15.4. The molecule has 3 N–H and O–H groups in total. The lowest BCUT2D eigenvalue weighted by Gasteiger charge is -2.31. The number of alkyl carbamates (subject to hydrolysis) is 1. The smallest absolute Gasteiger partial charge is 0.407 e. The lowest BCUT2D eigenvalue weighted by Crippen LogP contribution is -2.47. The van der Waals surface area contributed by atoms with Crippen molar-refractivity contribution in [1.82, 2.24) is 10.6 Å². The zero-order valence-corrected chi connectivity index (χ0v) is 21.0. The van der Waals surface area contributed by atoms with Crippen LogP contribution in [0.25, 0.3) is 11.1 Å². The first-order valence-corrected chi connectivity index (χ1v) is 12.2. The summed E-state index contributed by atoms with van der Waals surface area (Å²) >= 11 is 0. The van der Waals surface area contributed by atoms with Gasteiger partial charge in [0.2, 0.25) is 5.91 Å². The highest BCUT2D eigenvalue weighted by molar-refractivity contribution is 5.80. The first kappa shape index (κ1) is 26.3. The maximum atomic E-state index is 12.7. The minimum Gasteiger partial charge on any atom is -0.481 e. The van der Waals surface area contributed by atoms with Crippen LogP contribution in [0.2, 0.25) is 0 Å². The van der Waals surface area contributed by atoms with E-state index >= 15 is 0 Å². The van der Waals surface area contributed by atoms with Gasteiger partial charge in [-0.1, -0.05) is 82.6 Å². The molecule has 7 nitrogen and oxygen atoms in total. The predicted molar refractivity (Wildman–Crippen MR) is 135 cm³/mol. The largest absolute Gasteiger partial charge is 0.481 e. The number of nitrogens with one attached hydrogen (secondary N) is 2. The van der Waals surface area contributed by atoms with Crippen molar-refractivity contribution in [1.29, 1.82) is 0 Å². The lowest BCUT2D eigenvalue weighted by atomic mass is 9.84. The van der Waals surface area contributed by atoms with Gasteiger partial charge in [-0.05, 0) is 34.1 Å². The lowest BCUT2D eigenvalue weighted by molar-refractivity contribution is -0.138. The second-order valence-corrected chi connectivity index (χ2v) is 10.2. The van der Waals surface area contributed by atoms with Crippen molar-refractivity contribution >= 4 is 18.0 Å². The van der Waals surface area contributed by atoms with Crippen molar-refractivity contribution < 1.29 is 24.2 Å². The molecule has 0 bridgehead atoms. The number of ether oxygens (including phenoxy) is 1. The average molecular weight is 481 g/mol. The standard InChI is InChI=1S/C28H36N2O5/c1-5-10-18(15-25(31)30-24(16-26(32)33)28(2,3)4)29-27(34)35-17-23-21-13-8-6-11-19(21)20-12-7-9-14-22(20)23/h6-9,11-14,18,23-24H,5,10,15-17H2,1-4H3,(H,29,34)(H,30,31)(H,32,33)/t18-,24?/m1/s1.